The first-order valence-corrected chi connectivity index (χ1v) is 9.27. The van der Waals surface area contributed by atoms with Gasteiger partial charge in [-0.05, 0) is 36.8 Å². The summed E-state index contributed by atoms with van der Waals surface area (Å²) in [6.45, 7) is 0.824. The number of aromatic nitrogens is 2. The molecule has 0 aliphatic carbocycles. The van der Waals surface area contributed by atoms with Gasteiger partial charge in [0.2, 0.25) is 5.88 Å². The number of carbonyl (C=O) groups excluding carboxylic acids is 1. The van der Waals surface area contributed by atoms with Gasteiger partial charge in [-0.25, -0.2) is 0 Å². The maximum Gasteiger partial charge on any atom is 0.269 e. The number of methoxy groups -OCH3 is 1. The molecule has 8 nitrogen and oxygen atoms in total. The largest absolute Gasteiger partial charge is 0.438 e. The summed E-state index contributed by atoms with van der Waals surface area (Å²) >= 11 is 0. The number of ether oxygens (including phenoxy) is 2. The second-order valence-electron chi connectivity index (χ2n) is 6.25. The molecule has 0 saturated heterocycles. The number of para-hydroxylation sites is 1. The van der Waals surface area contributed by atoms with Crippen molar-refractivity contribution in [3.8, 4) is 17.7 Å². The molecule has 3 rings (SSSR count). The third-order valence-electron chi connectivity index (χ3n) is 4.16. The molecule has 0 aliphatic heterocycles. The number of fused-ring (bicyclic) bond motifs is 1. The molecule has 0 saturated carbocycles. The Bertz CT molecular complexity index is 1160. The van der Waals surface area contributed by atoms with E-state index < -0.39 is 11.5 Å². The molecule has 0 aliphatic rings. The zero-order valence-corrected chi connectivity index (χ0v) is 16.4. The van der Waals surface area contributed by atoms with E-state index in [0.717, 1.165) is 0 Å². The highest BCUT2D eigenvalue weighted by molar-refractivity contribution is 6.01. The fraction of sp³-hybridized carbons (Fsp3) is 0.182. The molecule has 2 aromatic heterocycles. The van der Waals surface area contributed by atoms with Crippen molar-refractivity contribution in [3.63, 3.8) is 0 Å². The van der Waals surface area contributed by atoms with Gasteiger partial charge in [0.1, 0.15) is 28.6 Å². The number of hydrogen-bond acceptors (Lipinski definition) is 6. The molecule has 0 bridgehead atoms. The zero-order valence-electron chi connectivity index (χ0n) is 16.4. The molecule has 0 unspecified atom stereocenters. The van der Waals surface area contributed by atoms with Crippen LogP contribution in [-0.4, -0.2) is 35.6 Å². The van der Waals surface area contributed by atoms with E-state index in [2.05, 4.69) is 10.3 Å². The molecule has 0 radical (unpaired) electrons. The number of nitriles is 1. The van der Waals surface area contributed by atoms with Crippen LogP contribution in [0.1, 0.15) is 12.0 Å². The molecular formula is C22H20N4O4. The molecule has 3 aromatic rings. The summed E-state index contributed by atoms with van der Waals surface area (Å²) in [6.07, 6.45) is 3.37. The first kappa shape index (κ1) is 20.8. The molecule has 1 N–H and O–H groups in total. The van der Waals surface area contributed by atoms with Crippen LogP contribution in [0.25, 0.3) is 11.7 Å². The molecule has 0 atom stereocenters. The van der Waals surface area contributed by atoms with Gasteiger partial charge in [-0.1, -0.05) is 24.3 Å². The lowest BCUT2D eigenvalue weighted by Crippen LogP contribution is -2.27. The van der Waals surface area contributed by atoms with E-state index in [9.17, 15) is 14.9 Å². The Morgan fingerprint density at radius 2 is 2.00 bits per heavy atom. The number of nitrogens with zero attached hydrogens (tertiary/aromatic N) is 3. The Balaban J connectivity index is 2.03. The van der Waals surface area contributed by atoms with Gasteiger partial charge in [0, 0.05) is 26.5 Å². The molecule has 2 heterocycles. The lowest BCUT2D eigenvalue weighted by molar-refractivity contribution is -0.117. The quantitative estimate of drug-likeness (QED) is 0.351. The van der Waals surface area contributed by atoms with Gasteiger partial charge in [0.25, 0.3) is 11.5 Å². The fourth-order valence-corrected chi connectivity index (χ4v) is 2.69. The van der Waals surface area contributed by atoms with Gasteiger partial charge in [0.15, 0.2) is 0 Å². The molecule has 1 aromatic carbocycles. The van der Waals surface area contributed by atoms with Crippen LogP contribution in [0.5, 0.6) is 11.6 Å². The average Bonchev–Trinajstić information content (AvgIpc) is 2.77. The van der Waals surface area contributed by atoms with Crippen LogP contribution in [0.3, 0.4) is 0 Å². The predicted octanol–water partition coefficient (Wildman–Crippen LogP) is 2.55. The third-order valence-corrected chi connectivity index (χ3v) is 4.16. The van der Waals surface area contributed by atoms with Crippen LogP contribution >= 0.6 is 0 Å². The standard InChI is InChI=1S/C22H20N4O4/c1-29-13-7-11-24-20(27)16(15-23)14-18-21(30-17-8-3-2-4-9-17)25-19-10-5-6-12-26(19)22(18)28/h2-6,8-10,12,14H,7,11,13H2,1H3,(H,24,27)/b16-14+. The number of carbonyl (C=O) groups is 1. The lowest BCUT2D eigenvalue weighted by atomic mass is 10.1. The Morgan fingerprint density at radius 1 is 1.23 bits per heavy atom. The van der Waals surface area contributed by atoms with Gasteiger partial charge >= 0.3 is 0 Å². The SMILES string of the molecule is COCCCNC(=O)/C(C#N)=C/c1c(Oc2ccccc2)nc2ccccn2c1=O. The number of hydrogen-bond donors (Lipinski definition) is 1. The van der Waals surface area contributed by atoms with Crippen molar-refractivity contribution < 1.29 is 14.3 Å². The van der Waals surface area contributed by atoms with Crippen LogP contribution in [-0.2, 0) is 9.53 Å². The molecule has 8 heteroatoms. The number of rotatable bonds is 8. The Morgan fingerprint density at radius 3 is 2.73 bits per heavy atom. The third kappa shape index (κ3) is 4.90. The summed E-state index contributed by atoms with van der Waals surface area (Å²) in [5, 5.41) is 12.1. The Labute approximate surface area is 173 Å². The average molecular weight is 404 g/mol. The van der Waals surface area contributed by atoms with Crippen molar-refractivity contribution in [1.29, 1.82) is 5.26 Å². The number of nitrogens with one attached hydrogen (secondary N) is 1. The molecule has 152 valence electrons. The zero-order chi connectivity index (χ0) is 21.3. The minimum Gasteiger partial charge on any atom is -0.438 e. The maximum atomic E-state index is 13.1. The smallest absolute Gasteiger partial charge is 0.269 e. The first-order valence-electron chi connectivity index (χ1n) is 9.27. The first-order chi connectivity index (χ1) is 14.6. The number of amides is 1. The van der Waals surface area contributed by atoms with Crippen LogP contribution in [0, 0.1) is 11.3 Å². The van der Waals surface area contributed by atoms with E-state index >= 15 is 0 Å². The summed E-state index contributed by atoms with van der Waals surface area (Å²) < 4.78 is 12.1. The second-order valence-corrected chi connectivity index (χ2v) is 6.25. The van der Waals surface area contributed by atoms with Gasteiger partial charge in [-0.3, -0.25) is 14.0 Å². The normalized spacial score (nSPS) is 11.1. The van der Waals surface area contributed by atoms with Crippen molar-refractivity contribution >= 4 is 17.6 Å². The van der Waals surface area contributed by atoms with E-state index in [1.54, 1.807) is 55.8 Å². The van der Waals surface area contributed by atoms with Gasteiger partial charge in [-0.2, -0.15) is 10.2 Å². The van der Waals surface area contributed by atoms with Crippen molar-refractivity contribution in [2.45, 2.75) is 6.42 Å². The minimum absolute atomic E-state index is 0.00569. The summed E-state index contributed by atoms with van der Waals surface area (Å²) in [5.74, 6) is -0.101. The van der Waals surface area contributed by atoms with Crippen LogP contribution in [0.15, 0.2) is 65.1 Å². The van der Waals surface area contributed by atoms with Crippen LogP contribution in [0.4, 0.5) is 0 Å². The van der Waals surface area contributed by atoms with E-state index in [-0.39, 0.29) is 17.0 Å². The molecule has 0 fully saturated rings. The minimum atomic E-state index is -0.586. The van der Waals surface area contributed by atoms with Gasteiger partial charge in [-0.15, -0.1) is 0 Å². The van der Waals surface area contributed by atoms with Crippen molar-refractivity contribution in [1.82, 2.24) is 14.7 Å². The molecule has 30 heavy (non-hydrogen) atoms. The highest BCUT2D eigenvalue weighted by Gasteiger charge is 2.17. The number of benzene rings is 1. The van der Waals surface area contributed by atoms with E-state index in [4.69, 9.17) is 9.47 Å². The van der Waals surface area contributed by atoms with Gasteiger partial charge in [0.05, 0.1) is 0 Å². The maximum absolute atomic E-state index is 13.1. The summed E-state index contributed by atoms with van der Waals surface area (Å²) in [5.41, 5.74) is -0.286. The monoisotopic (exact) mass is 404 g/mol. The Hall–Kier alpha value is -3.96. The summed E-state index contributed by atoms with van der Waals surface area (Å²) in [7, 11) is 1.57. The highest BCUT2D eigenvalue weighted by Crippen LogP contribution is 2.23. The molecular weight excluding hydrogens is 384 g/mol. The predicted molar refractivity (Wildman–Crippen MR) is 111 cm³/mol. The van der Waals surface area contributed by atoms with E-state index in [0.29, 0.717) is 31.0 Å². The lowest BCUT2D eigenvalue weighted by Gasteiger charge is -2.10. The van der Waals surface area contributed by atoms with Crippen LogP contribution in [0.2, 0.25) is 0 Å². The van der Waals surface area contributed by atoms with Gasteiger partial charge < -0.3 is 14.8 Å². The summed E-state index contributed by atoms with van der Waals surface area (Å²) in [6, 6.07) is 15.8. The topological polar surface area (TPSA) is 106 Å². The molecule has 0 spiro atoms. The van der Waals surface area contributed by atoms with Crippen LogP contribution < -0.4 is 15.6 Å². The van der Waals surface area contributed by atoms with E-state index in [1.807, 2.05) is 12.1 Å². The highest BCUT2D eigenvalue weighted by atomic mass is 16.5. The summed E-state index contributed by atoms with van der Waals surface area (Å²) in [4.78, 5) is 29.8. The number of pyridine rings is 1. The second kappa shape index (κ2) is 10.0. The van der Waals surface area contributed by atoms with E-state index in [1.165, 1.54) is 10.5 Å². The van der Waals surface area contributed by atoms with Crippen molar-refractivity contribution in [3.05, 3.63) is 76.2 Å². The molecule has 1 amide bonds. The fourth-order valence-electron chi connectivity index (χ4n) is 2.69. The van der Waals surface area contributed by atoms with Crippen molar-refractivity contribution in [2.75, 3.05) is 20.3 Å². The Kier molecular flexibility index (Phi) is 6.92. The van der Waals surface area contributed by atoms with Crippen molar-refractivity contribution in [2.24, 2.45) is 0 Å².